The van der Waals surface area contributed by atoms with Crippen LogP contribution in [0.2, 0.25) is 0 Å². The first-order chi connectivity index (χ1) is 18.0. The van der Waals surface area contributed by atoms with Gasteiger partial charge >= 0.3 is 6.18 Å². The fraction of sp³-hybridized carbons (Fsp3) is 0.200. The van der Waals surface area contributed by atoms with Crippen LogP contribution in [-0.4, -0.2) is 40.4 Å². The van der Waals surface area contributed by atoms with Crippen LogP contribution in [0, 0.1) is 5.82 Å². The number of hydrogen-bond donors (Lipinski definition) is 1. The molecule has 0 unspecified atom stereocenters. The highest BCUT2D eigenvalue weighted by Crippen LogP contribution is 2.41. The number of anilines is 1. The molecule has 0 radical (unpaired) electrons. The molecule has 38 heavy (non-hydrogen) atoms. The molecule has 0 atom stereocenters. The molecule has 0 saturated carbocycles. The summed E-state index contributed by atoms with van der Waals surface area (Å²) in [5, 5.41) is 11.7. The van der Waals surface area contributed by atoms with E-state index < -0.39 is 23.0 Å². The average Bonchev–Trinajstić information content (AvgIpc) is 3.56. The summed E-state index contributed by atoms with van der Waals surface area (Å²) in [6.45, 7) is 3.31. The molecule has 0 fully saturated rings. The zero-order valence-corrected chi connectivity index (χ0v) is 20.0. The number of benzene rings is 1. The van der Waals surface area contributed by atoms with Crippen LogP contribution in [0.1, 0.15) is 30.5 Å². The summed E-state index contributed by atoms with van der Waals surface area (Å²) < 4.78 is 56.9. The average molecular weight is 522 g/mol. The van der Waals surface area contributed by atoms with Crippen LogP contribution in [0.5, 0.6) is 0 Å². The second kappa shape index (κ2) is 8.16. The van der Waals surface area contributed by atoms with Gasteiger partial charge in [-0.1, -0.05) is 18.2 Å². The Hall–Kier alpha value is -4.68. The Kier molecular flexibility index (Phi) is 5.09. The van der Waals surface area contributed by atoms with Crippen molar-refractivity contribution in [3.05, 3.63) is 77.5 Å². The molecule has 1 amide bonds. The summed E-state index contributed by atoms with van der Waals surface area (Å²) in [6, 6.07) is 9.68. The Morgan fingerprint density at radius 2 is 1.87 bits per heavy atom. The van der Waals surface area contributed by atoms with Gasteiger partial charge in [0.1, 0.15) is 17.3 Å². The molecule has 5 heterocycles. The van der Waals surface area contributed by atoms with E-state index in [4.69, 9.17) is 0 Å². The quantitative estimate of drug-likeness (QED) is 0.349. The van der Waals surface area contributed by atoms with E-state index in [-0.39, 0.29) is 35.6 Å². The van der Waals surface area contributed by atoms with Crippen molar-refractivity contribution in [1.82, 2.24) is 34.5 Å². The molecular formula is C25H18F4N8O. The van der Waals surface area contributed by atoms with Crippen LogP contribution in [0.15, 0.2) is 55.0 Å². The molecule has 0 saturated heterocycles. The molecule has 9 nitrogen and oxygen atoms in total. The number of carbonyl (C=O) groups is 1. The van der Waals surface area contributed by atoms with E-state index in [1.54, 1.807) is 50.4 Å². The lowest BCUT2D eigenvalue weighted by atomic mass is 9.87. The van der Waals surface area contributed by atoms with Crippen LogP contribution in [0.3, 0.4) is 0 Å². The van der Waals surface area contributed by atoms with E-state index >= 15 is 0 Å². The predicted molar refractivity (Wildman–Crippen MR) is 128 cm³/mol. The summed E-state index contributed by atoms with van der Waals surface area (Å²) in [7, 11) is 0. The lowest BCUT2D eigenvalue weighted by molar-refractivity contribution is -0.137. The van der Waals surface area contributed by atoms with Gasteiger partial charge in [-0.15, -0.1) is 0 Å². The van der Waals surface area contributed by atoms with Gasteiger partial charge < -0.3 is 5.32 Å². The topological polar surface area (TPSA) is 103 Å². The molecule has 1 N–H and O–H groups in total. The molecule has 1 aliphatic heterocycles. The molecule has 0 spiro atoms. The van der Waals surface area contributed by atoms with Crippen LogP contribution < -0.4 is 5.32 Å². The number of nitrogens with zero attached hydrogens (tertiary/aromatic N) is 7. The van der Waals surface area contributed by atoms with E-state index in [2.05, 4.69) is 30.5 Å². The fourth-order valence-electron chi connectivity index (χ4n) is 4.42. The maximum atomic E-state index is 14.4. The largest absolute Gasteiger partial charge is 0.419 e. The predicted octanol–water partition coefficient (Wildman–Crippen LogP) is 4.51. The van der Waals surface area contributed by atoms with Gasteiger partial charge in [-0.05, 0) is 32.0 Å². The number of nitrogens with one attached hydrogen (secondary N) is 1. The van der Waals surface area contributed by atoms with Crippen LogP contribution >= 0.6 is 0 Å². The normalized spacial score (nSPS) is 14.6. The highest BCUT2D eigenvalue weighted by molar-refractivity contribution is 6.06. The second-order valence-corrected chi connectivity index (χ2v) is 9.32. The lowest BCUT2D eigenvalue weighted by Crippen LogP contribution is -2.28. The number of pyridine rings is 1. The number of aromatic nitrogens is 7. The Morgan fingerprint density at radius 1 is 1.08 bits per heavy atom. The van der Waals surface area contributed by atoms with Gasteiger partial charge in [0.25, 0.3) is 0 Å². The summed E-state index contributed by atoms with van der Waals surface area (Å²) in [5.74, 6) is -0.616. The number of carbonyl (C=O) groups excluding carboxylic acids is 1. The van der Waals surface area contributed by atoms with Crippen molar-refractivity contribution in [1.29, 1.82) is 0 Å². The number of amides is 1. The van der Waals surface area contributed by atoms with Crippen molar-refractivity contribution in [2.45, 2.75) is 32.0 Å². The minimum Gasteiger partial charge on any atom is -0.309 e. The number of hydrogen-bond acceptors (Lipinski definition) is 6. The Balaban J connectivity index is 1.56. The molecule has 1 aliphatic rings. The maximum Gasteiger partial charge on any atom is 0.419 e. The highest BCUT2D eigenvalue weighted by Gasteiger charge is 2.44. The standard InChI is InChI=1S/C25H18F4N8O/c1-24(2)17-19(34-23(24)38)32-20(33-22(17)36-12-14(10-31-36)25(27,28)29)18-15-7-5-9-30-21(15)37(35-18)11-13-6-3-4-8-16(13)26/h3-10,12H,11H2,1-2H3,(H,32,33,34,38). The monoisotopic (exact) mass is 522 g/mol. The van der Waals surface area contributed by atoms with Crippen LogP contribution in [-0.2, 0) is 22.9 Å². The third kappa shape index (κ3) is 3.69. The third-order valence-electron chi connectivity index (χ3n) is 6.44. The van der Waals surface area contributed by atoms with Crippen molar-refractivity contribution in [3.63, 3.8) is 0 Å². The molecule has 192 valence electrons. The summed E-state index contributed by atoms with van der Waals surface area (Å²) in [5.41, 5.74) is -0.729. The van der Waals surface area contributed by atoms with E-state index in [0.29, 0.717) is 28.4 Å². The Morgan fingerprint density at radius 3 is 2.61 bits per heavy atom. The van der Waals surface area contributed by atoms with Gasteiger partial charge in [0.15, 0.2) is 17.3 Å². The molecule has 0 aliphatic carbocycles. The van der Waals surface area contributed by atoms with Crippen molar-refractivity contribution in [2.75, 3.05) is 5.32 Å². The first-order valence-corrected chi connectivity index (χ1v) is 11.5. The third-order valence-corrected chi connectivity index (χ3v) is 6.44. The molecular weight excluding hydrogens is 504 g/mol. The smallest absolute Gasteiger partial charge is 0.309 e. The number of rotatable bonds is 4. The van der Waals surface area contributed by atoms with Crippen LogP contribution in [0.25, 0.3) is 28.4 Å². The number of fused-ring (bicyclic) bond motifs is 2. The summed E-state index contributed by atoms with van der Waals surface area (Å²) in [6.07, 6.45) is -1.56. The number of alkyl halides is 3. The van der Waals surface area contributed by atoms with Gasteiger partial charge in [-0.3, -0.25) is 4.79 Å². The van der Waals surface area contributed by atoms with Gasteiger partial charge in [0, 0.05) is 18.0 Å². The van der Waals surface area contributed by atoms with Gasteiger partial charge in [0.2, 0.25) is 5.91 Å². The summed E-state index contributed by atoms with van der Waals surface area (Å²) in [4.78, 5) is 26.2. The lowest BCUT2D eigenvalue weighted by Gasteiger charge is -2.18. The van der Waals surface area contributed by atoms with E-state index in [9.17, 15) is 22.4 Å². The molecule has 6 rings (SSSR count). The van der Waals surface area contributed by atoms with Crippen molar-refractivity contribution >= 4 is 22.8 Å². The van der Waals surface area contributed by atoms with Crippen LogP contribution in [0.4, 0.5) is 23.4 Å². The minimum atomic E-state index is -4.62. The summed E-state index contributed by atoms with van der Waals surface area (Å²) >= 11 is 0. The molecule has 0 bridgehead atoms. The maximum absolute atomic E-state index is 14.4. The van der Waals surface area contributed by atoms with Crippen molar-refractivity contribution in [2.24, 2.45) is 0 Å². The highest BCUT2D eigenvalue weighted by atomic mass is 19.4. The first-order valence-electron chi connectivity index (χ1n) is 11.5. The van der Waals surface area contributed by atoms with Crippen molar-refractivity contribution in [3.8, 4) is 17.3 Å². The molecule has 1 aromatic carbocycles. The molecule has 13 heteroatoms. The van der Waals surface area contributed by atoms with Crippen molar-refractivity contribution < 1.29 is 22.4 Å². The van der Waals surface area contributed by atoms with E-state index in [1.165, 1.54) is 10.7 Å². The number of halogens is 4. The van der Waals surface area contributed by atoms with Gasteiger partial charge in [-0.2, -0.15) is 23.4 Å². The fourth-order valence-corrected chi connectivity index (χ4v) is 4.42. The molecule has 5 aromatic rings. The van der Waals surface area contributed by atoms with E-state index in [1.807, 2.05) is 0 Å². The minimum absolute atomic E-state index is 0.00421. The zero-order valence-electron chi connectivity index (χ0n) is 20.0. The zero-order chi connectivity index (χ0) is 26.8. The first kappa shape index (κ1) is 23.7. The Bertz CT molecular complexity index is 1740. The van der Waals surface area contributed by atoms with E-state index in [0.717, 1.165) is 10.9 Å². The second-order valence-electron chi connectivity index (χ2n) is 9.32. The Labute approximate surface area is 212 Å². The molecule has 4 aromatic heterocycles. The van der Waals surface area contributed by atoms with Gasteiger partial charge in [0.05, 0.1) is 34.7 Å². The van der Waals surface area contributed by atoms with Gasteiger partial charge in [-0.25, -0.2) is 28.7 Å². The SMILES string of the molecule is CC1(C)C(=O)Nc2nc(-c3nn(Cc4ccccc4F)c4ncccc34)nc(-n3cc(C(F)(F)F)cn3)c21.